The van der Waals surface area contributed by atoms with E-state index in [1.807, 2.05) is 0 Å². The van der Waals surface area contributed by atoms with E-state index in [1.54, 1.807) is 0 Å². The molecular formula is C20H29N5O9. The Hall–Kier alpha value is -3.75. The third-order valence-corrected chi connectivity index (χ3v) is 4.66. The first-order chi connectivity index (χ1) is 16.0. The third kappa shape index (κ3) is 9.40. The molecule has 1 aromatic carbocycles. The minimum Gasteiger partial charge on any atom is -0.508 e. The second-order valence-corrected chi connectivity index (χ2v) is 7.37. The molecule has 0 aliphatic carbocycles. The van der Waals surface area contributed by atoms with Crippen LogP contribution in [0.5, 0.6) is 5.75 Å². The largest absolute Gasteiger partial charge is 0.508 e. The summed E-state index contributed by atoms with van der Waals surface area (Å²) in [7, 11) is 0. The van der Waals surface area contributed by atoms with E-state index in [1.165, 1.54) is 24.3 Å². The van der Waals surface area contributed by atoms with Crippen LogP contribution in [0.3, 0.4) is 0 Å². The zero-order valence-corrected chi connectivity index (χ0v) is 18.1. The van der Waals surface area contributed by atoms with E-state index in [2.05, 4.69) is 16.0 Å². The van der Waals surface area contributed by atoms with Crippen LogP contribution in [-0.2, 0) is 30.4 Å². The average molecular weight is 483 g/mol. The highest BCUT2D eigenvalue weighted by molar-refractivity contribution is 5.94. The van der Waals surface area contributed by atoms with Crippen LogP contribution >= 0.6 is 0 Å². The highest BCUT2D eigenvalue weighted by atomic mass is 16.4. The molecule has 0 spiro atoms. The van der Waals surface area contributed by atoms with E-state index < -0.39 is 67.0 Å². The van der Waals surface area contributed by atoms with E-state index in [0.717, 1.165) is 0 Å². The fourth-order valence-electron chi connectivity index (χ4n) is 2.71. The van der Waals surface area contributed by atoms with Gasteiger partial charge in [-0.25, -0.2) is 4.79 Å². The summed E-state index contributed by atoms with van der Waals surface area (Å²) in [6.45, 7) is -1.76. The summed E-state index contributed by atoms with van der Waals surface area (Å²) >= 11 is 0. The van der Waals surface area contributed by atoms with Gasteiger partial charge in [-0.05, 0) is 24.1 Å². The zero-order valence-electron chi connectivity index (χ0n) is 18.1. The number of carboxylic acid groups (broad SMARTS) is 1. The van der Waals surface area contributed by atoms with E-state index in [9.17, 15) is 34.2 Å². The Morgan fingerprint density at radius 2 is 1.32 bits per heavy atom. The molecule has 0 heterocycles. The summed E-state index contributed by atoms with van der Waals surface area (Å²) in [5, 5.41) is 43.8. The number of primary amides is 1. The molecule has 1 rings (SSSR count). The maximum atomic E-state index is 12.7. The predicted molar refractivity (Wildman–Crippen MR) is 116 cm³/mol. The SMILES string of the molecule is NC(=O)CCC(N)C(=O)NC(CO)C(=O)NC(Cc1ccc(O)cc1)C(=O)NC(CO)C(=O)O. The van der Waals surface area contributed by atoms with Crippen molar-refractivity contribution in [3.05, 3.63) is 29.8 Å². The summed E-state index contributed by atoms with van der Waals surface area (Å²) in [4.78, 5) is 59.4. The molecule has 0 saturated heterocycles. The Morgan fingerprint density at radius 1 is 0.824 bits per heavy atom. The minimum atomic E-state index is -1.64. The van der Waals surface area contributed by atoms with Crippen LogP contribution in [-0.4, -0.2) is 87.4 Å². The van der Waals surface area contributed by atoms with Crippen molar-refractivity contribution < 1.29 is 44.4 Å². The first-order valence-corrected chi connectivity index (χ1v) is 10.2. The second kappa shape index (κ2) is 13.7. The molecule has 34 heavy (non-hydrogen) atoms. The van der Waals surface area contributed by atoms with Gasteiger partial charge in [0.25, 0.3) is 0 Å². The highest BCUT2D eigenvalue weighted by Gasteiger charge is 2.30. The number of amides is 4. The van der Waals surface area contributed by atoms with Crippen molar-refractivity contribution in [1.82, 2.24) is 16.0 Å². The number of hydrogen-bond donors (Lipinski definition) is 9. The lowest BCUT2D eigenvalue weighted by Gasteiger charge is -2.24. The Balaban J connectivity index is 2.97. The molecule has 4 amide bonds. The Bertz CT molecular complexity index is 878. The molecule has 14 heteroatoms. The van der Waals surface area contributed by atoms with Crippen LogP contribution in [0, 0.1) is 0 Å². The molecule has 0 radical (unpaired) electrons. The van der Waals surface area contributed by atoms with Crippen molar-refractivity contribution >= 4 is 29.6 Å². The van der Waals surface area contributed by atoms with Crippen molar-refractivity contribution in [2.45, 2.75) is 43.4 Å². The van der Waals surface area contributed by atoms with Crippen molar-refractivity contribution in [3.8, 4) is 5.75 Å². The number of benzene rings is 1. The van der Waals surface area contributed by atoms with E-state index in [-0.39, 0.29) is 25.0 Å². The molecule has 0 aliphatic rings. The quantitative estimate of drug-likeness (QED) is 0.124. The molecule has 0 saturated carbocycles. The number of carbonyl (C=O) groups is 5. The van der Waals surface area contributed by atoms with Gasteiger partial charge < -0.3 is 47.8 Å². The topological polar surface area (TPSA) is 254 Å². The maximum absolute atomic E-state index is 12.7. The Kier molecular flexibility index (Phi) is 11.4. The van der Waals surface area contributed by atoms with Crippen LogP contribution in [0.4, 0.5) is 0 Å². The third-order valence-electron chi connectivity index (χ3n) is 4.66. The van der Waals surface area contributed by atoms with Gasteiger partial charge in [0, 0.05) is 12.8 Å². The van der Waals surface area contributed by atoms with Crippen molar-refractivity contribution in [2.75, 3.05) is 13.2 Å². The molecule has 4 atom stereocenters. The molecule has 4 unspecified atom stereocenters. The van der Waals surface area contributed by atoms with Crippen molar-refractivity contribution in [2.24, 2.45) is 11.5 Å². The predicted octanol–water partition coefficient (Wildman–Crippen LogP) is -3.95. The summed E-state index contributed by atoms with van der Waals surface area (Å²) in [5.41, 5.74) is 11.1. The Labute approximate surface area is 194 Å². The van der Waals surface area contributed by atoms with Crippen LogP contribution in [0.2, 0.25) is 0 Å². The van der Waals surface area contributed by atoms with Gasteiger partial charge in [-0.3, -0.25) is 19.2 Å². The molecule has 11 N–H and O–H groups in total. The first-order valence-electron chi connectivity index (χ1n) is 10.2. The number of nitrogens with one attached hydrogen (secondary N) is 3. The van der Waals surface area contributed by atoms with E-state index >= 15 is 0 Å². The van der Waals surface area contributed by atoms with E-state index in [4.69, 9.17) is 21.7 Å². The monoisotopic (exact) mass is 483 g/mol. The van der Waals surface area contributed by atoms with Crippen LogP contribution in [0.25, 0.3) is 0 Å². The van der Waals surface area contributed by atoms with Gasteiger partial charge in [-0.1, -0.05) is 12.1 Å². The van der Waals surface area contributed by atoms with Gasteiger partial charge in [0.05, 0.1) is 19.3 Å². The number of carboxylic acids is 1. The van der Waals surface area contributed by atoms with E-state index in [0.29, 0.717) is 5.56 Å². The van der Waals surface area contributed by atoms with Crippen molar-refractivity contribution in [1.29, 1.82) is 0 Å². The molecule has 188 valence electrons. The molecular weight excluding hydrogens is 454 g/mol. The number of carbonyl (C=O) groups excluding carboxylic acids is 4. The molecule has 0 aliphatic heterocycles. The number of aliphatic carboxylic acids is 1. The summed E-state index contributed by atoms with van der Waals surface area (Å²) < 4.78 is 0. The van der Waals surface area contributed by atoms with Crippen LogP contribution in [0.15, 0.2) is 24.3 Å². The number of aliphatic hydroxyl groups is 2. The van der Waals surface area contributed by atoms with Gasteiger partial charge in [0.1, 0.15) is 23.9 Å². The smallest absolute Gasteiger partial charge is 0.328 e. The molecule has 14 nitrogen and oxygen atoms in total. The molecule has 0 aromatic heterocycles. The number of aliphatic hydroxyl groups excluding tert-OH is 2. The van der Waals surface area contributed by atoms with Gasteiger partial charge in [-0.2, -0.15) is 0 Å². The molecule has 0 bridgehead atoms. The number of phenols is 1. The number of hydrogen-bond acceptors (Lipinski definition) is 9. The lowest BCUT2D eigenvalue weighted by Crippen LogP contribution is -2.58. The lowest BCUT2D eigenvalue weighted by atomic mass is 10.0. The highest BCUT2D eigenvalue weighted by Crippen LogP contribution is 2.12. The average Bonchev–Trinajstić information content (AvgIpc) is 2.79. The summed E-state index contributed by atoms with van der Waals surface area (Å²) in [6, 6.07) is -0.115. The van der Waals surface area contributed by atoms with Gasteiger partial charge in [0.2, 0.25) is 23.6 Å². The lowest BCUT2D eigenvalue weighted by molar-refractivity contribution is -0.143. The summed E-state index contributed by atoms with van der Waals surface area (Å²) in [6.07, 6.45) is -0.417. The normalized spacial score (nSPS) is 14.2. The zero-order chi connectivity index (χ0) is 25.8. The fraction of sp³-hybridized carbons (Fsp3) is 0.450. The minimum absolute atomic E-state index is 0.0456. The van der Waals surface area contributed by atoms with Crippen molar-refractivity contribution in [3.63, 3.8) is 0 Å². The molecule has 1 aromatic rings. The summed E-state index contributed by atoms with van der Waals surface area (Å²) in [5.74, 6) is -5.00. The van der Waals surface area contributed by atoms with Gasteiger partial charge in [0.15, 0.2) is 0 Å². The van der Waals surface area contributed by atoms with Crippen LogP contribution < -0.4 is 27.4 Å². The Morgan fingerprint density at radius 3 is 1.82 bits per heavy atom. The van der Waals surface area contributed by atoms with Gasteiger partial charge in [-0.15, -0.1) is 0 Å². The molecule has 0 fully saturated rings. The first kappa shape index (κ1) is 28.3. The van der Waals surface area contributed by atoms with Crippen LogP contribution in [0.1, 0.15) is 18.4 Å². The maximum Gasteiger partial charge on any atom is 0.328 e. The number of aromatic hydroxyl groups is 1. The second-order valence-electron chi connectivity index (χ2n) is 7.37. The standard InChI is InChI=1S/C20H29N5O9/c21-12(5-6-16(22)29)17(30)24-14(8-26)19(32)23-13(7-10-1-3-11(28)4-2-10)18(31)25-15(9-27)20(33)34/h1-4,12-15,26-28H,5-9,21H2,(H2,22,29)(H,23,32)(H,24,30)(H,25,31)(H,33,34). The van der Waals surface area contributed by atoms with Gasteiger partial charge >= 0.3 is 5.97 Å². The number of nitrogens with two attached hydrogens (primary N) is 2. The number of phenolic OH excluding ortho intramolecular Hbond substituents is 1. The number of rotatable bonds is 14. The fourth-order valence-corrected chi connectivity index (χ4v) is 2.71.